The van der Waals surface area contributed by atoms with Crippen LogP contribution in [0.4, 0.5) is 0 Å². The third-order valence-electron chi connectivity index (χ3n) is 4.58. The second-order valence-corrected chi connectivity index (χ2v) is 5.39. The maximum atomic E-state index is 3.40. The molecule has 0 aromatic heterocycles. The van der Waals surface area contributed by atoms with E-state index in [9.17, 15) is 0 Å². The predicted molar refractivity (Wildman–Crippen MR) is 65.1 cm³/mol. The van der Waals surface area contributed by atoms with E-state index in [0.717, 1.165) is 12.0 Å². The summed E-state index contributed by atoms with van der Waals surface area (Å²) >= 11 is 0. The van der Waals surface area contributed by atoms with Crippen molar-refractivity contribution in [3.05, 3.63) is 0 Å². The van der Waals surface area contributed by atoms with Gasteiger partial charge in [-0.05, 0) is 58.7 Å². The highest BCUT2D eigenvalue weighted by Crippen LogP contribution is 2.28. The normalized spacial score (nSPS) is 28.4. The van der Waals surface area contributed by atoms with Crippen LogP contribution in [-0.2, 0) is 0 Å². The van der Waals surface area contributed by atoms with Gasteiger partial charge in [0.1, 0.15) is 0 Å². The lowest BCUT2D eigenvalue weighted by Crippen LogP contribution is -2.44. The first-order chi connectivity index (χ1) is 7.31. The minimum absolute atomic E-state index is 0.704. The Morgan fingerprint density at radius 2 is 1.67 bits per heavy atom. The standard InChI is InChI=1S/C13H26N2/c1-11(14-2)12-7-9-15(10-8-12)13-5-3-4-6-13/h11-14H,3-10H2,1-2H3. The van der Waals surface area contributed by atoms with Gasteiger partial charge in [-0.3, -0.25) is 0 Å². The molecule has 2 fully saturated rings. The molecule has 2 aliphatic rings. The van der Waals surface area contributed by atoms with Crippen LogP contribution in [0.1, 0.15) is 45.4 Å². The predicted octanol–water partition coefficient (Wildman–Crippen LogP) is 2.25. The summed E-state index contributed by atoms with van der Waals surface area (Å²) in [4.78, 5) is 2.76. The maximum Gasteiger partial charge on any atom is 0.00952 e. The summed E-state index contributed by atoms with van der Waals surface area (Å²) in [5.41, 5.74) is 0. The Hall–Kier alpha value is -0.0800. The molecule has 1 saturated heterocycles. The molecule has 15 heavy (non-hydrogen) atoms. The monoisotopic (exact) mass is 210 g/mol. The molecule has 1 aliphatic carbocycles. The minimum atomic E-state index is 0.704. The van der Waals surface area contributed by atoms with Crippen molar-refractivity contribution in [1.82, 2.24) is 10.2 Å². The number of rotatable bonds is 3. The number of nitrogens with one attached hydrogen (secondary N) is 1. The van der Waals surface area contributed by atoms with Crippen molar-refractivity contribution in [2.24, 2.45) is 5.92 Å². The van der Waals surface area contributed by atoms with E-state index in [1.54, 1.807) is 0 Å². The van der Waals surface area contributed by atoms with E-state index in [1.807, 2.05) is 0 Å². The number of hydrogen-bond donors (Lipinski definition) is 1. The van der Waals surface area contributed by atoms with Crippen LogP contribution in [0.25, 0.3) is 0 Å². The first-order valence-corrected chi connectivity index (χ1v) is 6.72. The van der Waals surface area contributed by atoms with E-state index in [-0.39, 0.29) is 0 Å². The van der Waals surface area contributed by atoms with E-state index in [1.165, 1.54) is 51.6 Å². The summed E-state index contributed by atoms with van der Waals surface area (Å²) in [6.45, 7) is 5.03. The third kappa shape index (κ3) is 2.73. The highest BCUT2D eigenvalue weighted by atomic mass is 15.2. The summed E-state index contributed by atoms with van der Waals surface area (Å²) in [6, 6.07) is 1.64. The lowest BCUT2D eigenvalue weighted by atomic mass is 9.89. The number of hydrogen-bond acceptors (Lipinski definition) is 2. The zero-order valence-corrected chi connectivity index (χ0v) is 10.3. The molecule has 1 atom stereocenters. The van der Waals surface area contributed by atoms with Gasteiger partial charge >= 0.3 is 0 Å². The van der Waals surface area contributed by atoms with Crippen LogP contribution in [0.5, 0.6) is 0 Å². The van der Waals surface area contributed by atoms with Crippen LogP contribution < -0.4 is 5.32 Å². The molecule has 1 N–H and O–H groups in total. The van der Waals surface area contributed by atoms with Crippen LogP contribution >= 0.6 is 0 Å². The average Bonchev–Trinajstić information content (AvgIpc) is 2.82. The Morgan fingerprint density at radius 1 is 1.07 bits per heavy atom. The maximum absolute atomic E-state index is 3.40. The molecule has 1 saturated carbocycles. The highest BCUT2D eigenvalue weighted by Gasteiger charge is 2.28. The molecule has 2 rings (SSSR count). The third-order valence-corrected chi connectivity index (χ3v) is 4.58. The summed E-state index contributed by atoms with van der Waals surface area (Å²) in [5, 5.41) is 3.40. The van der Waals surface area contributed by atoms with Gasteiger partial charge in [0, 0.05) is 12.1 Å². The quantitative estimate of drug-likeness (QED) is 0.768. The molecule has 1 aliphatic heterocycles. The SMILES string of the molecule is CNC(C)C1CCN(C2CCCC2)CC1. The summed E-state index contributed by atoms with van der Waals surface area (Å²) < 4.78 is 0. The Bertz CT molecular complexity index is 179. The fourth-order valence-electron chi connectivity index (χ4n) is 3.29. The van der Waals surface area contributed by atoms with Crippen molar-refractivity contribution in [2.75, 3.05) is 20.1 Å². The molecule has 2 heteroatoms. The summed E-state index contributed by atoms with van der Waals surface area (Å²) in [5.74, 6) is 0.910. The molecular weight excluding hydrogens is 184 g/mol. The van der Waals surface area contributed by atoms with Gasteiger partial charge in [-0.1, -0.05) is 12.8 Å². The van der Waals surface area contributed by atoms with Gasteiger partial charge < -0.3 is 10.2 Å². The van der Waals surface area contributed by atoms with Crippen molar-refractivity contribution in [3.63, 3.8) is 0 Å². The Balaban J connectivity index is 1.76. The highest BCUT2D eigenvalue weighted by molar-refractivity contribution is 4.84. The van der Waals surface area contributed by atoms with Crippen LogP contribution in [0.2, 0.25) is 0 Å². The van der Waals surface area contributed by atoms with Crippen LogP contribution in [-0.4, -0.2) is 37.1 Å². The van der Waals surface area contributed by atoms with Gasteiger partial charge in [-0.2, -0.15) is 0 Å². The van der Waals surface area contributed by atoms with E-state index in [0.29, 0.717) is 6.04 Å². The average molecular weight is 210 g/mol. The van der Waals surface area contributed by atoms with Crippen molar-refractivity contribution in [1.29, 1.82) is 0 Å². The Morgan fingerprint density at radius 3 is 2.20 bits per heavy atom. The van der Waals surface area contributed by atoms with Gasteiger partial charge in [-0.25, -0.2) is 0 Å². The van der Waals surface area contributed by atoms with Crippen LogP contribution in [0.15, 0.2) is 0 Å². The topological polar surface area (TPSA) is 15.3 Å². The number of piperidine rings is 1. The molecule has 2 nitrogen and oxygen atoms in total. The lowest BCUT2D eigenvalue weighted by Gasteiger charge is -2.38. The Kier molecular flexibility index (Phi) is 4.04. The molecule has 0 aromatic rings. The summed E-state index contributed by atoms with van der Waals surface area (Å²) in [7, 11) is 2.09. The van der Waals surface area contributed by atoms with E-state index < -0.39 is 0 Å². The smallest absolute Gasteiger partial charge is 0.00952 e. The second-order valence-electron chi connectivity index (χ2n) is 5.39. The number of nitrogens with zero attached hydrogens (tertiary/aromatic N) is 1. The molecule has 1 unspecified atom stereocenters. The molecular formula is C13H26N2. The zero-order valence-electron chi connectivity index (χ0n) is 10.3. The largest absolute Gasteiger partial charge is 0.317 e. The van der Waals surface area contributed by atoms with Gasteiger partial charge in [0.15, 0.2) is 0 Å². The molecule has 0 amide bonds. The van der Waals surface area contributed by atoms with Crippen molar-refractivity contribution in [2.45, 2.75) is 57.5 Å². The van der Waals surface area contributed by atoms with Crippen molar-refractivity contribution >= 4 is 0 Å². The van der Waals surface area contributed by atoms with Crippen molar-refractivity contribution in [3.8, 4) is 0 Å². The molecule has 1 heterocycles. The lowest BCUT2D eigenvalue weighted by molar-refractivity contribution is 0.122. The first kappa shape index (κ1) is 11.4. The molecule has 88 valence electrons. The van der Waals surface area contributed by atoms with Crippen LogP contribution in [0, 0.1) is 5.92 Å². The zero-order chi connectivity index (χ0) is 10.7. The van der Waals surface area contributed by atoms with Gasteiger partial charge in [0.05, 0.1) is 0 Å². The molecule has 0 bridgehead atoms. The van der Waals surface area contributed by atoms with Crippen LogP contribution in [0.3, 0.4) is 0 Å². The summed E-state index contributed by atoms with van der Waals surface area (Å²) in [6.07, 6.45) is 8.67. The Labute approximate surface area is 94.4 Å². The fourth-order valence-corrected chi connectivity index (χ4v) is 3.29. The van der Waals surface area contributed by atoms with E-state index in [2.05, 4.69) is 24.2 Å². The van der Waals surface area contributed by atoms with E-state index in [4.69, 9.17) is 0 Å². The van der Waals surface area contributed by atoms with Gasteiger partial charge in [-0.15, -0.1) is 0 Å². The first-order valence-electron chi connectivity index (χ1n) is 6.72. The van der Waals surface area contributed by atoms with Gasteiger partial charge in [0.25, 0.3) is 0 Å². The van der Waals surface area contributed by atoms with Crippen molar-refractivity contribution < 1.29 is 0 Å². The molecule has 0 aromatic carbocycles. The molecule has 0 spiro atoms. The fraction of sp³-hybridized carbons (Fsp3) is 1.00. The minimum Gasteiger partial charge on any atom is -0.317 e. The molecule has 0 radical (unpaired) electrons. The second kappa shape index (κ2) is 5.31. The van der Waals surface area contributed by atoms with E-state index >= 15 is 0 Å². The number of likely N-dealkylation sites (tertiary alicyclic amines) is 1. The van der Waals surface area contributed by atoms with Gasteiger partial charge in [0.2, 0.25) is 0 Å².